The van der Waals surface area contributed by atoms with Crippen LogP contribution in [0.15, 0.2) is 17.2 Å². The third-order valence-electron chi connectivity index (χ3n) is 3.59. The van der Waals surface area contributed by atoms with Crippen molar-refractivity contribution >= 4 is 16.0 Å². The molecule has 1 heterocycles. The maximum absolute atomic E-state index is 13.0. The molecule has 0 amide bonds. The van der Waals surface area contributed by atoms with Crippen LogP contribution in [-0.4, -0.2) is 35.8 Å². The molecule has 2 N–H and O–H groups in total. The number of rotatable bonds is 4. The van der Waals surface area contributed by atoms with E-state index in [2.05, 4.69) is 0 Å². The van der Waals surface area contributed by atoms with Gasteiger partial charge in [-0.3, -0.25) is 0 Å². The number of aromatic carboxylic acids is 1. The molecule has 1 fully saturated rings. The largest absolute Gasteiger partial charge is 0.477 e. The number of hydrogen-bond donors (Lipinski definition) is 2. The van der Waals surface area contributed by atoms with Gasteiger partial charge in [0.2, 0.25) is 10.0 Å². The van der Waals surface area contributed by atoms with Crippen LogP contribution in [0.2, 0.25) is 0 Å². The maximum Gasteiger partial charge on any atom is 0.407 e. The van der Waals surface area contributed by atoms with Gasteiger partial charge in [-0.05, 0) is 25.3 Å². The lowest BCUT2D eigenvalue weighted by Crippen LogP contribution is -2.62. The van der Waals surface area contributed by atoms with Gasteiger partial charge >= 0.3 is 12.1 Å². The molecular formula is C11H13F3N2O4S. The van der Waals surface area contributed by atoms with Crippen LogP contribution in [0.3, 0.4) is 0 Å². The van der Waals surface area contributed by atoms with Gasteiger partial charge in [0, 0.05) is 13.2 Å². The predicted molar refractivity (Wildman–Crippen MR) is 65.3 cm³/mol. The van der Waals surface area contributed by atoms with Crippen molar-refractivity contribution < 1.29 is 31.5 Å². The van der Waals surface area contributed by atoms with E-state index in [4.69, 9.17) is 5.11 Å². The van der Waals surface area contributed by atoms with Crippen molar-refractivity contribution in [1.82, 2.24) is 9.29 Å². The zero-order chi connectivity index (χ0) is 16.1. The Bertz CT molecular complexity index is 674. The molecule has 1 aliphatic rings. The molecule has 1 saturated carbocycles. The number of hydrogen-bond acceptors (Lipinski definition) is 3. The molecule has 1 aliphatic carbocycles. The van der Waals surface area contributed by atoms with Crippen LogP contribution in [0.25, 0.3) is 0 Å². The number of nitrogens with one attached hydrogen (secondary N) is 1. The first kappa shape index (κ1) is 15.8. The van der Waals surface area contributed by atoms with E-state index in [-0.39, 0.29) is 25.0 Å². The van der Waals surface area contributed by atoms with Crippen molar-refractivity contribution in [2.75, 3.05) is 0 Å². The second-order valence-corrected chi connectivity index (χ2v) is 6.70. The van der Waals surface area contributed by atoms with E-state index < -0.39 is 32.6 Å². The first-order valence-corrected chi connectivity index (χ1v) is 7.47. The minimum Gasteiger partial charge on any atom is -0.477 e. The molecule has 0 aliphatic heterocycles. The van der Waals surface area contributed by atoms with E-state index in [1.807, 2.05) is 0 Å². The predicted octanol–water partition coefficient (Wildman–Crippen LogP) is 1.49. The summed E-state index contributed by atoms with van der Waals surface area (Å²) in [6, 6.07) is 0.827. The van der Waals surface area contributed by atoms with E-state index in [1.54, 1.807) is 4.72 Å². The molecule has 21 heavy (non-hydrogen) atoms. The number of halogens is 3. The first-order valence-electron chi connectivity index (χ1n) is 5.99. The van der Waals surface area contributed by atoms with Crippen molar-refractivity contribution in [2.45, 2.75) is 35.9 Å². The smallest absolute Gasteiger partial charge is 0.407 e. The van der Waals surface area contributed by atoms with Gasteiger partial charge in [0.05, 0.1) is 0 Å². The number of carbonyl (C=O) groups is 1. The summed E-state index contributed by atoms with van der Waals surface area (Å²) >= 11 is 0. The third kappa shape index (κ3) is 2.64. The highest BCUT2D eigenvalue weighted by Crippen LogP contribution is 2.46. The van der Waals surface area contributed by atoms with Gasteiger partial charge in [-0.2, -0.15) is 17.9 Å². The summed E-state index contributed by atoms with van der Waals surface area (Å²) in [6.45, 7) is 0. The molecular weight excluding hydrogens is 313 g/mol. The fourth-order valence-corrected chi connectivity index (χ4v) is 3.70. The van der Waals surface area contributed by atoms with Crippen LogP contribution >= 0.6 is 0 Å². The van der Waals surface area contributed by atoms with E-state index in [0.29, 0.717) is 0 Å². The van der Waals surface area contributed by atoms with Crippen LogP contribution in [0.5, 0.6) is 0 Å². The number of aryl methyl sites for hydroxylation is 1. The Labute approximate surface area is 118 Å². The van der Waals surface area contributed by atoms with Crippen molar-refractivity contribution in [3.05, 3.63) is 18.0 Å². The lowest BCUT2D eigenvalue weighted by atomic mass is 9.77. The number of aromatic nitrogens is 1. The Balaban J connectivity index is 2.35. The second-order valence-electron chi connectivity index (χ2n) is 5.02. The first-order chi connectivity index (χ1) is 9.48. The van der Waals surface area contributed by atoms with Crippen LogP contribution < -0.4 is 4.72 Å². The zero-order valence-corrected chi connectivity index (χ0v) is 11.8. The van der Waals surface area contributed by atoms with E-state index >= 15 is 0 Å². The van der Waals surface area contributed by atoms with E-state index in [1.165, 1.54) is 7.05 Å². The molecule has 118 valence electrons. The summed E-state index contributed by atoms with van der Waals surface area (Å²) in [5.74, 6) is -1.37. The second kappa shape index (κ2) is 4.73. The summed E-state index contributed by atoms with van der Waals surface area (Å²) in [7, 11) is -3.15. The number of carboxylic acid groups (broad SMARTS) is 1. The van der Waals surface area contributed by atoms with Gasteiger partial charge in [0.25, 0.3) is 0 Å². The minimum atomic E-state index is -4.69. The maximum atomic E-state index is 13.0. The quantitative estimate of drug-likeness (QED) is 0.877. The van der Waals surface area contributed by atoms with Crippen molar-refractivity contribution in [1.29, 1.82) is 0 Å². The molecule has 0 spiro atoms. The van der Waals surface area contributed by atoms with Gasteiger partial charge in [-0.1, -0.05) is 0 Å². The number of carboxylic acids is 1. The van der Waals surface area contributed by atoms with Crippen LogP contribution in [0, 0.1) is 0 Å². The summed E-state index contributed by atoms with van der Waals surface area (Å²) < 4.78 is 65.8. The molecule has 0 unspecified atom stereocenters. The van der Waals surface area contributed by atoms with Gasteiger partial charge in [-0.15, -0.1) is 0 Å². The summed E-state index contributed by atoms with van der Waals surface area (Å²) in [5.41, 5.74) is -2.78. The molecule has 10 heteroatoms. The van der Waals surface area contributed by atoms with Crippen LogP contribution in [-0.2, 0) is 17.1 Å². The topological polar surface area (TPSA) is 88.4 Å². The zero-order valence-electron chi connectivity index (χ0n) is 10.9. The monoisotopic (exact) mass is 326 g/mol. The van der Waals surface area contributed by atoms with Crippen LogP contribution in [0.4, 0.5) is 13.2 Å². The fourth-order valence-electron chi connectivity index (χ4n) is 2.18. The Morgan fingerprint density at radius 3 is 2.33 bits per heavy atom. The Morgan fingerprint density at radius 2 is 2.00 bits per heavy atom. The molecule has 0 aromatic carbocycles. The number of nitrogens with zero attached hydrogens (tertiary/aromatic N) is 1. The summed E-state index contributed by atoms with van der Waals surface area (Å²) in [5, 5.41) is 8.85. The Hall–Kier alpha value is -1.55. The molecule has 0 saturated heterocycles. The third-order valence-corrected chi connectivity index (χ3v) is 5.09. The molecule has 1 aromatic heterocycles. The molecule has 0 bridgehead atoms. The van der Waals surface area contributed by atoms with Gasteiger partial charge < -0.3 is 9.67 Å². The summed E-state index contributed by atoms with van der Waals surface area (Å²) in [6.07, 6.45) is -4.10. The molecule has 0 radical (unpaired) electrons. The molecule has 2 rings (SSSR count). The highest BCUT2D eigenvalue weighted by molar-refractivity contribution is 7.89. The average Bonchev–Trinajstić information content (AvgIpc) is 2.65. The normalized spacial score (nSPS) is 18.3. The highest BCUT2D eigenvalue weighted by atomic mass is 32.2. The SMILES string of the molecule is Cn1cc(S(=O)(=O)NC2(C(F)(F)F)CCC2)cc1C(=O)O. The highest BCUT2D eigenvalue weighted by Gasteiger charge is 2.60. The fraction of sp³-hybridized carbons (Fsp3) is 0.545. The standard InChI is InChI=1S/C11H13F3N2O4S/c1-16-6-7(5-8(16)9(17)18)21(19,20)15-10(3-2-4-10)11(12,13)14/h5-6,15H,2-4H2,1H3,(H,17,18). The number of alkyl halides is 3. The van der Waals surface area contributed by atoms with Crippen LogP contribution in [0.1, 0.15) is 29.8 Å². The Morgan fingerprint density at radius 1 is 1.43 bits per heavy atom. The summed E-state index contributed by atoms with van der Waals surface area (Å²) in [4.78, 5) is 10.4. The molecule has 1 aromatic rings. The molecule has 0 atom stereocenters. The van der Waals surface area contributed by atoms with Gasteiger partial charge in [0.1, 0.15) is 16.1 Å². The van der Waals surface area contributed by atoms with Crippen molar-refractivity contribution in [2.24, 2.45) is 7.05 Å². The van der Waals surface area contributed by atoms with Crippen molar-refractivity contribution in [3.63, 3.8) is 0 Å². The lowest BCUT2D eigenvalue weighted by Gasteiger charge is -2.43. The van der Waals surface area contributed by atoms with Crippen molar-refractivity contribution in [3.8, 4) is 0 Å². The number of sulfonamides is 1. The Kier molecular flexibility index (Phi) is 3.57. The van der Waals surface area contributed by atoms with Gasteiger partial charge in [-0.25, -0.2) is 13.2 Å². The van der Waals surface area contributed by atoms with E-state index in [0.717, 1.165) is 16.8 Å². The van der Waals surface area contributed by atoms with Gasteiger partial charge in [0.15, 0.2) is 0 Å². The lowest BCUT2D eigenvalue weighted by molar-refractivity contribution is -0.212. The average molecular weight is 326 g/mol. The van der Waals surface area contributed by atoms with E-state index in [9.17, 15) is 26.4 Å². The minimum absolute atomic E-state index is 0.275. The molecule has 6 nitrogen and oxygen atoms in total.